The van der Waals surface area contributed by atoms with Crippen LogP contribution >= 0.6 is 0 Å². The van der Waals surface area contributed by atoms with Crippen LogP contribution in [0.3, 0.4) is 0 Å². The van der Waals surface area contributed by atoms with Crippen molar-refractivity contribution in [2.75, 3.05) is 25.5 Å². The fourth-order valence-corrected chi connectivity index (χ4v) is 2.73. The van der Waals surface area contributed by atoms with E-state index in [4.69, 9.17) is 0 Å². The van der Waals surface area contributed by atoms with Gasteiger partial charge >= 0.3 is 0 Å². The van der Waals surface area contributed by atoms with Crippen LogP contribution in [-0.2, 0) is 6.42 Å². The molecule has 0 bridgehead atoms. The predicted octanol–water partition coefficient (Wildman–Crippen LogP) is 3.34. The number of aryl methyl sites for hydroxylation is 1. The average Bonchev–Trinajstić information content (AvgIpc) is 2.42. The highest BCUT2D eigenvalue weighted by Gasteiger charge is 2.22. The van der Waals surface area contributed by atoms with Crippen LogP contribution in [0.1, 0.15) is 55.6 Å². The second-order valence-corrected chi connectivity index (χ2v) is 6.00. The van der Waals surface area contributed by atoms with Crippen molar-refractivity contribution in [3.63, 3.8) is 0 Å². The zero-order chi connectivity index (χ0) is 15.2. The molecule has 4 nitrogen and oxygen atoms in total. The Morgan fingerprint density at radius 1 is 1.38 bits per heavy atom. The molecule has 4 heteroatoms. The molecule has 0 radical (unpaired) electrons. The van der Waals surface area contributed by atoms with E-state index >= 15 is 0 Å². The van der Waals surface area contributed by atoms with E-state index in [9.17, 15) is 4.79 Å². The number of nitrogens with one attached hydrogen (secondary N) is 1. The Kier molecular flexibility index (Phi) is 5.59. The molecule has 1 aromatic rings. The maximum absolute atomic E-state index is 12.6. The van der Waals surface area contributed by atoms with E-state index in [1.807, 2.05) is 31.0 Å². The molecule has 1 amide bonds. The Morgan fingerprint density at radius 3 is 2.71 bits per heavy atom. The van der Waals surface area contributed by atoms with Crippen molar-refractivity contribution in [1.29, 1.82) is 0 Å². The molecule has 0 saturated heterocycles. The van der Waals surface area contributed by atoms with Crippen LogP contribution in [0.15, 0.2) is 12.1 Å². The molecule has 0 unspecified atom stereocenters. The summed E-state index contributed by atoms with van der Waals surface area (Å²) in [4.78, 5) is 19.0. The number of aromatic nitrogens is 1. The van der Waals surface area contributed by atoms with Gasteiger partial charge in [0, 0.05) is 31.4 Å². The number of carbonyl (C=O) groups is 1. The number of anilines is 1. The lowest BCUT2D eigenvalue weighted by atomic mass is 9.85. The summed E-state index contributed by atoms with van der Waals surface area (Å²) in [7, 11) is 1.91. The summed E-state index contributed by atoms with van der Waals surface area (Å²) in [6.07, 6.45) is 5.78. The van der Waals surface area contributed by atoms with Gasteiger partial charge in [-0.1, -0.05) is 19.8 Å². The Morgan fingerprint density at radius 2 is 2.14 bits per heavy atom. The van der Waals surface area contributed by atoms with E-state index in [-0.39, 0.29) is 5.91 Å². The van der Waals surface area contributed by atoms with Gasteiger partial charge in [-0.3, -0.25) is 4.79 Å². The minimum absolute atomic E-state index is 0.112. The monoisotopic (exact) mass is 289 g/mol. The number of hydrogen-bond donors (Lipinski definition) is 1. The lowest BCUT2D eigenvalue weighted by molar-refractivity contribution is 0.0745. The van der Waals surface area contributed by atoms with Gasteiger partial charge in [-0.05, 0) is 44.2 Å². The molecule has 116 valence electrons. The van der Waals surface area contributed by atoms with Gasteiger partial charge in [0.25, 0.3) is 5.91 Å². The first-order valence-corrected chi connectivity index (χ1v) is 8.14. The van der Waals surface area contributed by atoms with Crippen molar-refractivity contribution in [2.45, 2.75) is 46.0 Å². The van der Waals surface area contributed by atoms with Crippen molar-refractivity contribution >= 4 is 11.7 Å². The van der Waals surface area contributed by atoms with Crippen LogP contribution in [-0.4, -0.2) is 35.9 Å². The second-order valence-electron chi connectivity index (χ2n) is 6.00. The first-order chi connectivity index (χ1) is 10.1. The smallest absolute Gasteiger partial charge is 0.253 e. The molecule has 0 aromatic carbocycles. The third-order valence-corrected chi connectivity index (χ3v) is 4.09. The van der Waals surface area contributed by atoms with Crippen molar-refractivity contribution in [3.05, 3.63) is 23.4 Å². The van der Waals surface area contributed by atoms with E-state index in [0.29, 0.717) is 5.92 Å². The van der Waals surface area contributed by atoms with Crippen molar-refractivity contribution in [1.82, 2.24) is 9.88 Å². The highest BCUT2D eigenvalue weighted by Crippen LogP contribution is 2.27. The molecule has 1 N–H and O–H groups in total. The second kappa shape index (κ2) is 7.43. The Bertz CT molecular complexity index is 459. The molecule has 2 rings (SSSR count). The molecule has 0 aliphatic heterocycles. The van der Waals surface area contributed by atoms with E-state index in [0.717, 1.165) is 43.0 Å². The average molecular weight is 289 g/mol. The predicted molar refractivity (Wildman–Crippen MR) is 86.7 cm³/mol. The number of carbonyl (C=O) groups excluding carboxylic acids is 1. The van der Waals surface area contributed by atoms with E-state index in [1.54, 1.807) is 0 Å². The van der Waals surface area contributed by atoms with E-state index in [1.165, 1.54) is 19.3 Å². The van der Waals surface area contributed by atoms with E-state index in [2.05, 4.69) is 17.2 Å². The topological polar surface area (TPSA) is 45.2 Å². The lowest BCUT2D eigenvalue weighted by Gasteiger charge is -2.30. The lowest BCUT2D eigenvalue weighted by Crippen LogP contribution is -2.34. The van der Waals surface area contributed by atoms with Crippen LogP contribution in [0.25, 0.3) is 0 Å². The van der Waals surface area contributed by atoms with E-state index < -0.39 is 0 Å². The first-order valence-electron chi connectivity index (χ1n) is 8.14. The number of hydrogen-bond acceptors (Lipinski definition) is 3. The molecular weight excluding hydrogens is 262 g/mol. The standard InChI is InChI=1S/C17H27N3O/c1-4-7-15-10-14(11-16(19-15)18-5-2)17(21)20(3)12-13-8-6-9-13/h10-11,13H,4-9,12H2,1-3H3,(H,18,19). The van der Waals surface area contributed by atoms with Gasteiger partial charge < -0.3 is 10.2 Å². The highest BCUT2D eigenvalue weighted by atomic mass is 16.2. The van der Waals surface area contributed by atoms with Gasteiger partial charge in [0.2, 0.25) is 0 Å². The summed E-state index contributed by atoms with van der Waals surface area (Å²) < 4.78 is 0. The molecule has 0 spiro atoms. The van der Waals surface area contributed by atoms with Crippen LogP contribution in [0, 0.1) is 5.92 Å². The quantitative estimate of drug-likeness (QED) is 0.837. The third kappa shape index (κ3) is 4.19. The minimum Gasteiger partial charge on any atom is -0.370 e. The largest absolute Gasteiger partial charge is 0.370 e. The van der Waals surface area contributed by atoms with Gasteiger partial charge in [0.1, 0.15) is 5.82 Å². The van der Waals surface area contributed by atoms with Gasteiger partial charge in [-0.25, -0.2) is 4.98 Å². The summed E-state index contributed by atoms with van der Waals surface area (Å²) >= 11 is 0. The van der Waals surface area contributed by atoms with Gasteiger partial charge in [-0.2, -0.15) is 0 Å². The molecule has 1 aliphatic carbocycles. The zero-order valence-corrected chi connectivity index (χ0v) is 13.5. The fraction of sp³-hybridized carbons (Fsp3) is 0.647. The molecule has 21 heavy (non-hydrogen) atoms. The van der Waals surface area contributed by atoms with Gasteiger partial charge in [0.05, 0.1) is 0 Å². The summed E-state index contributed by atoms with van der Waals surface area (Å²) in [6.45, 7) is 5.86. The summed E-state index contributed by atoms with van der Waals surface area (Å²) in [5.74, 6) is 1.62. The number of pyridine rings is 1. The molecule has 0 atom stereocenters. The third-order valence-electron chi connectivity index (χ3n) is 4.09. The zero-order valence-electron chi connectivity index (χ0n) is 13.5. The van der Waals surface area contributed by atoms with Crippen LogP contribution in [0.4, 0.5) is 5.82 Å². The normalized spacial score (nSPS) is 14.6. The SMILES string of the molecule is CCCc1cc(C(=O)N(C)CC2CCC2)cc(NCC)n1. The van der Waals surface area contributed by atoms with Crippen molar-refractivity contribution < 1.29 is 4.79 Å². The van der Waals surface area contributed by atoms with Crippen LogP contribution < -0.4 is 5.32 Å². The van der Waals surface area contributed by atoms with Crippen LogP contribution in [0.5, 0.6) is 0 Å². The molecule has 1 saturated carbocycles. The Labute approximate surface area is 127 Å². The van der Waals surface area contributed by atoms with Crippen LogP contribution in [0.2, 0.25) is 0 Å². The molecule has 1 aliphatic rings. The molecule has 1 heterocycles. The maximum atomic E-state index is 12.6. The summed E-state index contributed by atoms with van der Waals surface area (Å²) in [6, 6.07) is 3.83. The number of rotatable bonds is 7. The van der Waals surface area contributed by atoms with Gasteiger partial charge in [0.15, 0.2) is 0 Å². The maximum Gasteiger partial charge on any atom is 0.253 e. The number of amides is 1. The summed E-state index contributed by atoms with van der Waals surface area (Å²) in [5.41, 5.74) is 1.75. The fourth-order valence-electron chi connectivity index (χ4n) is 2.73. The molecular formula is C17H27N3O. The number of nitrogens with zero attached hydrogens (tertiary/aromatic N) is 2. The molecule has 1 aromatic heterocycles. The molecule has 1 fully saturated rings. The summed E-state index contributed by atoms with van der Waals surface area (Å²) in [5, 5.41) is 3.22. The van der Waals surface area contributed by atoms with Gasteiger partial charge in [-0.15, -0.1) is 0 Å². The first kappa shape index (κ1) is 15.8. The van der Waals surface area contributed by atoms with Crippen molar-refractivity contribution in [3.8, 4) is 0 Å². The Balaban J connectivity index is 2.13. The highest BCUT2D eigenvalue weighted by molar-refractivity contribution is 5.94. The Hall–Kier alpha value is -1.58. The van der Waals surface area contributed by atoms with Crippen molar-refractivity contribution in [2.24, 2.45) is 5.92 Å². The minimum atomic E-state index is 0.112.